The van der Waals surface area contributed by atoms with E-state index in [4.69, 9.17) is 16.0 Å². The van der Waals surface area contributed by atoms with Crippen LogP contribution in [0.25, 0.3) is 4.85 Å². The number of rotatable bonds is 2. The van der Waals surface area contributed by atoms with E-state index in [1.165, 1.54) is 0 Å². The summed E-state index contributed by atoms with van der Waals surface area (Å²) < 4.78 is 11.1. The van der Waals surface area contributed by atoms with Crippen molar-refractivity contribution in [1.29, 1.82) is 0 Å². The molecule has 0 saturated carbocycles. The predicted molar refractivity (Wildman–Crippen MR) is 83.6 cm³/mol. The Kier molecular flexibility index (Phi) is 3.61. The van der Waals surface area contributed by atoms with Crippen LogP contribution in [0, 0.1) is 27.3 Å². The van der Waals surface area contributed by atoms with Gasteiger partial charge in [-0.3, -0.25) is 0 Å². The SMILES string of the molecule is [C-]#[N+]c1c(C)cc(Oc2cc(C)c3c(c2)COB3O)nc1C. The van der Waals surface area contributed by atoms with Gasteiger partial charge in [-0.15, -0.1) is 0 Å². The van der Waals surface area contributed by atoms with Gasteiger partial charge in [-0.2, -0.15) is 0 Å². The summed E-state index contributed by atoms with van der Waals surface area (Å²) in [5.41, 5.74) is 4.72. The Morgan fingerprint density at radius 3 is 2.73 bits per heavy atom. The van der Waals surface area contributed by atoms with Crippen LogP contribution in [0.2, 0.25) is 0 Å². The first-order chi connectivity index (χ1) is 10.5. The van der Waals surface area contributed by atoms with Gasteiger partial charge in [-0.25, -0.2) is 9.83 Å². The van der Waals surface area contributed by atoms with E-state index in [9.17, 15) is 5.02 Å². The van der Waals surface area contributed by atoms with Crippen LogP contribution in [0.1, 0.15) is 22.4 Å². The Labute approximate surface area is 129 Å². The molecule has 3 rings (SSSR count). The van der Waals surface area contributed by atoms with Gasteiger partial charge in [0.2, 0.25) is 11.6 Å². The molecule has 0 aliphatic carbocycles. The summed E-state index contributed by atoms with van der Waals surface area (Å²) in [6.45, 7) is 13.1. The zero-order valence-electron chi connectivity index (χ0n) is 12.7. The Morgan fingerprint density at radius 2 is 2.05 bits per heavy atom. The molecule has 110 valence electrons. The number of aromatic nitrogens is 1. The van der Waals surface area contributed by atoms with Crippen molar-refractivity contribution in [3.8, 4) is 11.6 Å². The van der Waals surface area contributed by atoms with Gasteiger partial charge in [0, 0.05) is 5.69 Å². The third kappa shape index (κ3) is 2.45. The Bertz CT molecular complexity index is 776. The molecule has 0 unspecified atom stereocenters. The topological polar surface area (TPSA) is 55.9 Å². The first-order valence-corrected chi connectivity index (χ1v) is 6.96. The maximum absolute atomic E-state index is 9.77. The van der Waals surface area contributed by atoms with Crippen LogP contribution in [0.15, 0.2) is 18.2 Å². The molecule has 0 atom stereocenters. The van der Waals surface area contributed by atoms with Crippen molar-refractivity contribution in [2.45, 2.75) is 27.4 Å². The van der Waals surface area contributed by atoms with E-state index in [2.05, 4.69) is 9.83 Å². The molecule has 0 saturated heterocycles. The zero-order valence-corrected chi connectivity index (χ0v) is 12.7. The van der Waals surface area contributed by atoms with Crippen molar-refractivity contribution < 1.29 is 14.4 Å². The summed E-state index contributed by atoms with van der Waals surface area (Å²) in [7, 11) is -0.857. The first-order valence-electron chi connectivity index (χ1n) is 6.96. The number of nitrogens with zero attached hydrogens (tertiary/aromatic N) is 2. The first kappa shape index (κ1) is 14.6. The zero-order chi connectivity index (χ0) is 15.9. The normalized spacial score (nSPS) is 13.0. The molecule has 0 radical (unpaired) electrons. The second-order valence-corrected chi connectivity index (χ2v) is 5.40. The number of fused-ring (bicyclic) bond motifs is 1. The van der Waals surface area contributed by atoms with Gasteiger partial charge >= 0.3 is 7.12 Å². The summed E-state index contributed by atoms with van der Waals surface area (Å²) in [6.07, 6.45) is 0. The van der Waals surface area contributed by atoms with Crippen LogP contribution in [-0.2, 0) is 11.3 Å². The second-order valence-electron chi connectivity index (χ2n) is 5.40. The van der Waals surface area contributed by atoms with Crippen molar-refractivity contribution in [1.82, 2.24) is 4.98 Å². The summed E-state index contributed by atoms with van der Waals surface area (Å²) in [4.78, 5) is 7.80. The van der Waals surface area contributed by atoms with Crippen LogP contribution < -0.4 is 10.2 Å². The number of aryl methyl sites for hydroxylation is 3. The highest BCUT2D eigenvalue weighted by molar-refractivity contribution is 6.62. The number of ether oxygens (including phenoxy) is 1. The fraction of sp³-hybridized carbons (Fsp3) is 0.250. The summed E-state index contributed by atoms with van der Waals surface area (Å²) in [5, 5.41) is 9.77. The minimum Gasteiger partial charge on any atom is -0.439 e. The van der Waals surface area contributed by atoms with Crippen molar-refractivity contribution >= 4 is 18.3 Å². The Balaban J connectivity index is 1.95. The standard InChI is InChI=1S/C16H15BN2O3/c1-9-5-13(7-12-8-21-17(20)15(9)12)22-14-6-10(2)16(18-4)11(3)19-14/h5-7,20H,8H2,1-3H3. The van der Waals surface area contributed by atoms with Crippen LogP contribution in [-0.4, -0.2) is 17.1 Å². The van der Waals surface area contributed by atoms with Gasteiger partial charge in [0.15, 0.2) is 0 Å². The van der Waals surface area contributed by atoms with Crippen molar-refractivity contribution in [3.63, 3.8) is 0 Å². The molecule has 2 heterocycles. The summed E-state index contributed by atoms with van der Waals surface area (Å²) in [6, 6.07) is 5.47. The third-order valence-electron chi connectivity index (χ3n) is 3.76. The van der Waals surface area contributed by atoms with Crippen LogP contribution >= 0.6 is 0 Å². The molecule has 1 aliphatic rings. The lowest BCUT2D eigenvalue weighted by Gasteiger charge is -2.11. The van der Waals surface area contributed by atoms with E-state index in [1.807, 2.05) is 26.0 Å². The molecule has 1 aliphatic heterocycles. The van der Waals surface area contributed by atoms with E-state index in [1.54, 1.807) is 13.0 Å². The van der Waals surface area contributed by atoms with Crippen molar-refractivity contribution in [2.24, 2.45) is 0 Å². The fourth-order valence-corrected chi connectivity index (χ4v) is 2.75. The lowest BCUT2D eigenvalue weighted by atomic mass is 9.76. The van der Waals surface area contributed by atoms with Crippen LogP contribution in [0.4, 0.5) is 5.69 Å². The van der Waals surface area contributed by atoms with E-state index in [-0.39, 0.29) is 0 Å². The minimum absolute atomic E-state index is 0.372. The fourth-order valence-electron chi connectivity index (χ4n) is 2.75. The van der Waals surface area contributed by atoms with Gasteiger partial charge in [0.25, 0.3) is 0 Å². The van der Waals surface area contributed by atoms with E-state index >= 15 is 0 Å². The van der Waals surface area contributed by atoms with E-state index in [0.29, 0.717) is 29.6 Å². The van der Waals surface area contributed by atoms with Crippen LogP contribution in [0.5, 0.6) is 11.6 Å². The highest BCUT2D eigenvalue weighted by Gasteiger charge is 2.29. The number of pyridine rings is 1. The lowest BCUT2D eigenvalue weighted by Crippen LogP contribution is -2.30. The minimum atomic E-state index is -0.857. The average Bonchev–Trinajstić information content (AvgIpc) is 2.80. The quantitative estimate of drug-likeness (QED) is 0.683. The lowest BCUT2D eigenvalue weighted by molar-refractivity contribution is 0.275. The number of hydrogen-bond donors (Lipinski definition) is 1. The van der Waals surface area contributed by atoms with E-state index < -0.39 is 7.12 Å². The van der Waals surface area contributed by atoms with Gasteiger partial charge in [-0.05, 0) is 61.1 Å². The van der Waals surface area contributed by atoms with Gasteiger partial charge < -0.3 is 14.4 Å². The number of benzene rings is 1. The molecule has 2 aromatic rings. The molecule has 6 heteroatoms. The summed E-state index contributed by atoms with van der Waals surface area (Å²) >= 11 is 0. The van der Waals surface area contributed by atoms with Gasteiger partial charge in [-0.1, -0.05) is 0 Å². The smallest absolute Gasteiger partial charge is 0.439 e. The van der Waals surface area contributed by atoms with Gasteiger partial charge in [0.1, 0.15) is 5.75 Å². The Morgan fingerprint density at radius 1 is 1.27 bits per heavy atom. The summed E-state index contributed by atoms with van der Waals surface area (Å²) in [5.74, 6) is 1.11. The van der Waals surface area contributed by atoms with E-state index in [0.717, 1.165) is 22.2 Å². The average molecular weight is 294 g/mol. The molecule has 0 bridgehead atoms. The number of hydrogen-bond acceptors (Lipinski definition) is 4. The monoisotopic (exact) mass is 294 g/mol. The molecular formula is C16H15BN2O3. The molecule has 0 fully saturated rings. The molecule has 0 amide bonds. The third-order valence-corrected chi connectivity index (χ3v) is 3.76. The predicted octanol–water partition coefficient (Wildman–Crippen LogP) is 2.57. The highest BCUT2D eigenvalue weighted by Crippen LogP contribution is 2.29. The molecule has 5 nitrogen and oxygen atoms in total. The molecule has 1 N–H and O–H groups in total. The second kappa shape index (κ2) is 5.45. The van der Waals surface area contributed by atoms with Crippen LogP contribution in [0.3, 0.4) is 0 Å². The Hall–Kier alpha value is -2.36. The maximum Gasteiger partial charge on any atom is 0.492 e. The largest absolute Gasteiger partial charge is 0.492 e. The maximum atomic E-state index is 9.77. The molecule has 1 aromatic heterocycles. The van der Waals surface area contributed by atoms with Gasteiger partial charge in [0.05, 0.1) is 13.2 Å². The molecule has 1 aromatic carbocycles. The van der Waals surface area contributed by atoms with Crippen molar-refractivity contribution in [3.05, 3.63) is 52.0 Å². The molecule has 0 spiro atoms. The molecular weight excluding hydrogens is 279 g/mol. The highest BCUT2D eigenvalue weighted by atomic mass is 16.5. The molecule has 22 heavy (non-hydrogen) atoms. The van der Waals surface area contributed by atoms with Crippen molar-refractivity contribution in [2.75, 3.05) is 0 Å².